The van der Waals surface area contributed by atoms with Crippen molar-refractivity contribution in [3.8, 4) is 5.75 Å². The average Bonchev–Trinajstić information content (AvgIpc) is 2.39. The molecule has 0 unspecified atom stereocenters. The van der Waals surface area contributed by atoms with Crippen molar-refractivity contribution in [3.05, 3.63) is 41.5 Å². The maximum absolute atomic E-state index is 12.0. The van der Waals surface area contributed by atoms with Gasteiger partial charge >= 0.3 is 0 Å². The zero-order valence-corrected chi connectivity index (χ0v) is 10.9. The molecule has 0 aliphatic carbocycles. The minimum Gasteiger partial charge on any atom is -0.493 e. The first kappa shape index (κ1) is 12.7. The Morgan fingerprint density at radius 3 is 3.06 bits per heavy atom. The molecule has 1 heterocycles. The van der Waals surface area contributed by atoms with E-state index in [4.69, 9.17) is 4.74 Å². The zero-order chi connectivity index (χ0) is 13.0. The molecule has 0 saturated carbocycles. The summed E-state index contributed by atoms with van der Waals surface area (Å²) in [6.07, 6.45) is 3.65. The van der Waals surface area contributed by atoms with Crippen molar-refractivity contribution in [2.75, 3.05) is 6.61 Å². The second-order valence-corrected chi connectivity index (χ2v) is 4.50. The zero-order valence-electron chi connectivity index (χ0n) is 10.9. The van der Waals surface area contributed by atoms with Crippen LogP contribution >= 0.6 is 0 Å². The Morgan fingerprint density at radius 1 is 1.50 bits per heavy atom. The highest BCUT2D eigenvalue weighted by atomic mass is 16.5. The van der Waals surface area contributed by atoms with E-state index in [1.165, 1.54) is 0 Å². The molecule has 96 valence electrons. The van der Waals surface area contributed by atoms with Crippen molar-refractivity contribution in [2.45, 2.75) is 32.7 Å². The lowest BCUT2D eigenvalue weighted by atomic mass is 10.00. The fraction of sp³-hybridized carbons (Fsp3) is 0.400. The Balaban J connectivity index is 2.12. The van der Waals surface area contributed by atoms with Gasteiger partial charge in [0.25, 0.3) is 0 Å². The average molecular weight is 245 g/mol. The molecule has 1 aromatic rings. The number of rotatable bonds is 3. The van der Waals surface area contributed by atoms with Gasteiger partial charge < -0.3 is 10.1 Å². The van der Waals surface area contributed by atoms with Crippen LogP contribution in [0, 0.1) is 0 Å². The third-order valence-electron chi connectivity index (χ3n) is 3.13. The second-order valence-electron chi connectivity index (χ2n) is 4.50. The van der Waals surface area contributed by atoms with Crippen LogP contribution in [0.5, 0.6) is 5.75 Å². The first-order valence-corrected chi connectivity index (χ1v) is 6.41. The van der Waals surface area contributed by atoms with Gasteiger partial charge in [0.1, 0.15) is 5.75 Å². The summed E-state index contributed by atoms with van der Waals surface area (Å²) in [6.45, 7) is 4.53. The van der Waals surface area contributed by atoms with Crippen molar-refractivity contribution >= 4 is 5.91 Å². The lowest BCUT2D eigenvalue weighted by molar-refractivity contribution is -0.118. The Hall–Kier alpha value is -1.77. The van der Waals surface area contributed by atoms with E-state index in [9.17, 15) is 4.79 Å². The number of carbonyl (C=O) groups is 1. The molecular weight excluding hydrogens is 226 g/mol. The number of fused-ring (bicyclic) bond motifs is 1. The van der Waals surface area contributed by atoms with Gasteiger partial charge in [-0.1, -0.05) is 31.2 Å². The molecule has 1 aromatic carbocycles. The Labute approximate surface area is 108 Å². The number of para-hydroxylation sites is 1. The highest BCUT2D eigenvalue weighted by Crippen LogP contribution is 2.31. The molecule has 0 radical (unpaired) electrons. The first-order valence-electron chi connectivity index (χ1n) is 6.41. The van der Waals surface area contributed by atoms with Gasteiger partial charge in [-0.3, -0.25) is 4.79 Å². The summed E-state index contributed by atoms with van der Waals surface area (Å²) in [4.78, 5) is 12.0. The standard InChI is InChI=1S/C15H19NO2/c1-3-6-11(2)15(17)16-13-9-10-18-14-8-5-4-7-12(13)14/h4-8,13H,3,9-10H2,1-2H3,(H,16,17)/b11-6+/t13-/m1/s1. The molecule has 1 N–H and O–H groups in total. The molecule has 18 heavy (non-hydrogen) atoms. The van der Waals surface area contributed by atoms with Crippen molar-refractivity contribution in [1.29, 1.82) is 0 Å². The van der Waals surface area contributed by atoms with Gasteiger partial charge in [-0.05, 0) is 19.4 Å². The van der Waals surface area contributed by atoms with Crippen LogP contribution < -0.4 is 10.1 Å². The van der Waals surface area contributed by atoms with E-state index in [2.05, 4.69) is 5.32 Å². The number of amides is 1. The largest absolute Gasteiger partial charge is 0.493 e. The topological polar surface area (TPSA) is 38.3 Å². The van der Waals surface area contributed by atoms with Crippen LogP contribution in [0.2, 0.25) is 0 Å². The summed E-state index contributed by atoms with van der Waals surface area (Å²) < 4.78 is 5.58. The van der Waals surface area contributed by atoms with Gasteiger partial charge in [0.15, 0.2) is 0 Å². The van der Waals surface area contributed by atoms with Gasteiger partial charge in [-0.2, -0.15) is 0 Å². The lowest BCUT2D eigenvalue weighted by Crippen LogP contribution is -2.32. The molecule has 0 bridgehead atoms. The van der Waals surface area contributed by atoms with Crippen LogP contribution in [0.1, 0.15) is 38.3 Å². The monoisotopic (exact) mass is 245 g/mol. The number of carbonyl (C=O) groups excluding carboxylic acids is 1. The Bertz CT molecular complexity index is 465. The molecule has 1 aliphatic rings. The van der Waals surface area contributed by atoms with Crippen LogP contribution in [0.25, 0.3) is 0 Å². The van der Waals surface area contributed by atoms with Gasteiger partial charge in [0.2, 0.25) is 5.91 Å². The molecule has 0 spiro atoms. The summed E-state index contributed by atoms with van der Waals surface area (Å²) in [7, 11) is 0. The highest BCUT2D eigenvalue weighted by Gasteiger charge is 2.22. The van der Waals surface area contributed by atoms with E-state index in [0.717, 1.165) is 29.7 Å². The molecule has 1 atom stereocenters. The van der Waals surface area contributed by atoms with Gasteiger partial charge in [-0.15, -0.1) is 0 Å². The van der Waals surface area contributed by atoms with Crippen LogP contribution in [0.3, 0.4) is 0 Å². The second kappa shape index (κ2) is 5.71. The molecule has 1 amide bonds. The molecule has 0 aromatic heterocycles. The van der Waals surface area contributed by atoms with Crippen LogP contribution in [-0.2, 0) is 4.79 Å². The maximum atomic E-state index is 12.0. The van der Waals surface area contributed by atoms with E-state index in [-0.39, 0.29) is 11.9 Å². The maximum Gasteiger partial charge on any atom is 0.247 e. The van der Waals surface area contributed by atoms with E-state index in [1.807, 2.05) is 44.2 Å². The quantitative estimate of drug-likeness (QED) is 0.831. The number of benzene rings is 1. The minimum atomic E-state index is 0.0125. The van der Waals surface area contributed by atoms with Gasteiger partial charge in [0, 0.05) is 17.6 Å². The molecule has 1 aliphatic heterocycles. The highest BCUT2D eigenvalue weighted by molar-refractivity contribution is 5.93. The van der Waals surface area contributed by atoms with Crippen molar-refractivity contribution < 1.29 is 9.53 Å². The van der Waals surface area contributed by atoms with Crippen molar-refractivity contribution in [3.63, 3.8) is 0 Å². The van der Waals surface area contributed by atoms with E-state index < -0.39 is 0 Å². The van der Waals surface area contributed by atoms with Gasteiger partial charge in [-0.25, -0.2) is 0 Å². The number of hydrogen-bond acceptors (Lipinski definition) is 2. The summed E-state index contributed by atoms with van der Waals surface area (Å²) in [6, 6.07) is 7.94. The van der Waals surface area contributed by atoms with Crippen LogP contribution in [0.4, 0.5) is 0 Å². The summed E-state index contributed by atoms with van der Waals surface area (Å²) >= 11 is 0. The summed E-state index contributed by atoms with van der Waals surface area (Å²) in [5.41, 5.74) is 1.85. The minimum absolute atomic E-state index is 0.0125. The van der Waals surface area contributed by atoms with E-state index >= 15 is 0 Å². The van der Waals surface area contributed by atoms with E-state index in [1.54, 1.807) is 0 Å². The van der Waals surface area contributed by atoms with Crippen molar-refractivity contribution in [1.82, 2.24) is 5.32 Å². The van der Waals surface area contributed by atoms with E-state index in [0.29, 0.717) is 6.61 Å². The molecule has 2 rings (SSSR count). The molecule has 0 fully saturated rings. The number of hydrogen-bond donors (Lipinski definition) is 1. The normalized spacial score (nSPS) is 18.8. The molecular formula is C15H19NO2. The fourth-order valence-electron chi connectivity index (χ4n) is 2.16. The van der Waals surface area contributed by atoms with Crippen LogP contribution in [0.15, 0.2) is 35.9 Å². The third-order valence-corrected chi connectivity index (χ3v) is 3.13. The molecule has 3 heteroatoms. The fourth-order valence-corrected chi connectivity index (χ4v) is 2.16. The third kappa shape index (κ3) is 2.73. The predicted octanol–water partition coefficient (Wildman–Crippen LogP) is 2.98. The summed E-state index contributed by atoms with van der Waals surface area (Å²) in [5.74, 6) is 0.893. The number of nitrogens with one attached hydrogen (secondary N) is 1. The predicted molar refractivity (Wildman–Crippen MR) is 71.5 cm³/mol. The van der Waals surface area contributed by atoms with Gasteiger partial charge in [0.05, 0.1) is 12.6 Å². The van der Waals surface area contributed by atoms with Crippen LogP contribution in [-0.4, -0.2) is 12.5 Å². The Kier molecular flexibility index (Phi) is 4.03. The number of allylic oxidation sites excluding steroid dienone is 1. The van der Waals surface area contributed by atoms with Crippen molar-refractivity contribution in [2.24, 2.45) is 0 Å². The lowest BCUT2D eigenvalue weighted by Gasteiger charge is -2.26. The number of ether oxygens (including phenoxy) is 1. The smallest absolute Gasteiger partial charge is 0.247 e. The summed E-state index contributed by atoms with van der Waals surface area (Å²) in [5, 5.41) is 3.07. The molecule has 3 nitrogen and oxygen atoms in total. The first-order chi connectivity index (χ1) is 8.72. The molecule has 0 saturated heterocycles. The SMILES string of the molecule is CC/C=C(\C)C(=O)N[C@@H]1CCOc2ccccc21. The Morgan fingerprint density at radius 2 is 2.28 bits per heavy atom.